The van der Waals surface area contributed by atoms with Gasteiger partial charge in [0.05, 0.1) is 24.9 Å². The number of benzene rings is 1. The molecule has 6 aliphatic rings. The van der Waals surface area contributed by atoms with E-state index in [-0.39, 0.29) is 22.3 Å². The van der Waals surface area contributed by atoms with Gasteiger partial charge in [0.15, 0.2) is 5.79 Å². The molecule has 5 nitrogen and oxygen atoms in total. The second-order valence-corrected chi connectivity index (χ2v) is 15.3. The largest absolute Gasteiger partial charge is 0.393 e. The summed E-state index contributed by atoms with van der Waals surface area (Å²) in [7, 11) is 4.31. The van der Waals surface area contributed by atoms with Gasteiger partial charge in [0.25, 0.3) is 0 Å². The summed E-state index contributed by atoms with van der Waals surface area (Å²) in [5, 5.41) is 24.4. The van der Waals surface area contributed by atoms with E-state index in [1.54, 1.807) is 0 Å². The van der Waals surface area contributed by atoms with E-state index in [1.807, 2.05) is 0 Å². The fourth-order valence-corrected chi connectivity index (χ4v) is 11.1. The lowest BCUT2D eigenvalue weighted by Crippen LogP contribution is -2.70. The molecule has 38 heavy (non-hydrogen) atoms. The third-order valence-electron chi connectivity index (χ3n) is 12.8. The Kier molecular flexibility index (Phi) is 5.57. The average molecular weight is 524 g/mol. The smallest absolute Gasteiger partial charge is 0.171 e. The number of anilines is 1. The van der Waals surface area contributed by atoms with Gasteiger partial charge in [0, 0.05) is 43.5 Å². The molecular weight excluding hydrogens is 474 g/mol. The highest BCUT2D eigenvalue weighted by Gasteiger charge is 2.72. The monoisotopic (exact) mass is 523 g/mol. The first kappa shape index (κ1) is 25.8. The molecule has 2 unspecified atom stereocenters. The van der Waals surface area contributed by atoms with Gasteiger partial charge in [-0.1, -0.05) is 32.9 Å². The molecular formula is C33H49NO4. The lowest BCUT2D eigenvalue weighted by Gasteiger charge is -2.70. The first-order valence-electron chi connectivity index (χ1n) is 15.5. The molecule has 5 heteroatoms. The normalized spacial score (nSPS) is 46.0. The zero-order valence-corrected chi connectivity index (χ0v) is 24.3. The Morgan fingerprint density at radius 2 is 1.79 bits per heavy atom. The van der Waals surface area contributed by atoms with Crippen LogP contribution in [0.5, 0.6) is 0 Å². The van der Waals surface area contributed by atoms with Crippen LogP contribution in [0.25, 0.3) is 0 Å². The molecule has 5 fully saturated rings. The Morgan fingerprint density at radius 3 is 2.50 bits per heavy atom. The van der Waals surface area contributed by atoms with E-state index in [2.05, 4.69) is 58.0 Å². The second-order valence-electron chi connectivity index (χ2n) is 15.3. The van der Waals surface area contributed by atoms with Gasteiger partial charge in [0.2, 0.25) is 0 Å². The molecule has 1 aliphatic heterocycles. The SMILES string of the molecule is CC[C@]12CC3c4cccc(N(C)C)c4C[C@]45CCC6(C[C@]4(O)CC[C@H](C35)[C@@H]1CC[C@@H]2O)OCC(C)(C)CO6. The average Bonchev–Trinajstić information content (AvgIpc) is 3.22. The first-order valence-corrected chi connectivity index (χ1v) is 15.5. The Bertz CT molecular complexity index is 1110. The van der Waals surface area contributed by atoms with Crippen molar-refractivity contribution < 1.29 is 19.7 Å². The Morgan fingerprint density at radius 1 is 1.03 bits per heavy atom. The zero-order chi connectivity index (χ0) is 26.7. The van der Waals surface area contributed by atoms with Crippen molar-refractivity contribution in [3.63, 3.8) is 0 Å². The maximum atomic E-state index is 12.9. The predicted molar refractivity (Wildman–Crippen MR) is 149 cm³/mol. The molecule has 5 aliphatic carbocycles. The van der Waals surface area contributed by atoms with E-state index < -0.39 is 11.4 Å². The molecule has 4 saturated carbocycles. The van der Waals surface area contributed by atoms with Gasteiger partial charge < -0.3 is 24.6 Å². The Labute approximate surface area is 229 Å². The van der Waals surface area contributed by atoms with Gasteiger partial charge in [-0.15, -0.1) is 0 Å². The van der Waals surface area contributed by atoms with Crippen LogP contribution in [-0.2, 0) is 15.9 Å². The molecule has 1 saturated heterocycles. The van der Waals surface area contributed by atoms with E-state index in [9.17, 15) is 10.2 Å². The topological polar surface area (TPSA) is 62.2 Å². The zero-order valence-electron chi connectivity index (χ0n) is 24.3. The van der Waals surface area contributed by atoms with Crippen LogP contribution in [0.1, 0.15) is 95.6 Å². The van der Waals surface area contributed by atoms with E-state index >= 15 is 0 Å². The number of aliphatic hydroxyl groups is 2. The van der Waals surface area contributed by atoms with Crippen molar-refractivity contribution in [1.29, 1.82) is 0 Å². The molecule has 1 heterocycles. The Hall–Kier alpha value is -1.14. The van der Waals surface area contributed by atoms with Crippen LogP contribution in [-0.4, -0.2) is 55.0 Å². The highest BCUT2D eigenvalue weighted by molar-refractivity contribution is 5.59. The van der Waals surface area contributed by atoms with Crippen LogP contribution in [0.2, 0.25) is 0 Å². The fourth-order valence-electron chi connectivity index (χ4n) is 11.1. The quantitative estimate of drug-likeness (QED) is 0.524. The molecule has 0 radical (unpaired) electrons. The van der Waals surface area contributed by atoms with Crippen LogP contribution in [0.4, 0.5) is 5.69 Å². The summed E-state index contributed by atoms with van der Waals surface area (Å²) in [6.45, 7) is 8.11. The highest BCUT2D eigenvalue weighted by Crippen LogP contribution is 2.74. The first-order chi connectivity index (χ1) is 18.0. The highest BCUT2D eigenvalue weighted by atomic mass is 16.7. The minimum atomic E-state index is -0.799. The molecule has 210 valence electrons. The van der Waals surface area contributed by atoms with Gasteiger partial charge in [-0.3, -0.25) is 0 Å². The van der Waals surface area contributed by atoms with E-state index in [0.717, 1.165) is 57.8 Å². The van der Waals surface area contributed by atoms with Gasteiger partial charge in [0.1, 0.15) is 0 Å². The third-order valence-corrected chi connectivity index (χ3v) is 12.8. The van der Waals surface area contributed by atoms with Crippen molar-refractivity contribution in [2.75, 3.05) is 32.2 Å². The molecule has 8 atom stereocenters. The number of ether oxygens (including phenoxy) is 2. The Balaban J connectivity index is 1.37. The van der Waals surface area contributed by atoms with Crippen LogP contribution in [0.3, 0.4) is 0 Å². The number of nitrogens with zero attached hydrogens (tertiary/aromatic N) is 1. The minimum absolute atomic E-state index is 0.0161. The van der Waals surface area contributed by atoms with Crippen molar-refractivity contribution in [2.45, 2.75) is 108 Å². The summed E-state index contributed by atoms with van der Waals surface area (Å²) in [6, 6.07) is 6.89. The predicted octanol–water partition coefficient (Wildman–Crippen LogP) is 5.66. The van der Waals surface area contributed by atoms with Gasteiger partial charge in [-0.25, -0.2) is 0 Å². The van der Waals surface area contributed by atoms with Gasteiger partial charge in [-0.05, 0) is 97.6 Å². The third kappa shape index (κ3) is 3.25. The van der Waals surface area contributed by atoms with E-state index in [4.69, 9.17) is 9.47 Å². The van der Waals surface area contributed by atoms with Crippen LogP contribution in [0, 0.1) is 34.0 Å². The van der Waals surface area contributed by atoms with Crippen molar-refractivity contribution in [3.8, 4) is 0 Å². The summed E-state index contributed by atoms with van der Waals surface area (Å²) < 4.78 is 13.1. The van der Waals surface area contributed by atoms with Crippen molar-refractivity contribution >= 4 is 5.69 Å². The molecule has 0 amide bonds. The summed E-state index contributed by atoms with van der Waals surface area (Å²) in [5.74, 6) is 1.34. The molecule has 2 spiro atoms. The molecule has 0 bridgehead atoms. The van der Waals surface area contributed by atoms with Gasteiger partial charge in [-0.2, -0.15) is 0 Å². The molecule has 1 aromatic rings. The number of rotatable bonds is 2. The molecule has 7 rings (SSSR count). The van der Waals surface area contributed by atoms with Crippen LogP contribution < -0.4 is 4.90 Å². The van der Waals surface area contributed by atoms with Crippen LogP contribution in [0.15, 0.2) is 18.2 Å². The maximum absolute atomic E-state index is 12.9. The molecule has 0 aromatic heterocycles. The number of hydrogen-bond acceptors (Lipinski definition) is 5. The van der Waals surface area contributed by atoms with Crippen molar-refractivity contribution in [2.24, 2.45) is 34.0 Å². The lowest BCUT2D eigenvalue weighted by atomic mass is 9.36. The standard InChI is InChI=1S/C33H49NO4/c1-6-30-16-24-21-8-7-9-26(34(4)5)23(21)17-31-14-15-33(37-19-29(2,3)20-38-33)18-32(31,36)13-12-22(28(24)31)25(30)10-11-27(30)35/h7-9,22,24-25,27-28,35-36H,6,10-20H2,1-5H3/t22-,24?,25-,27-,28?,30-,31-,32+/m0/s1. The molecule has 1 aromatic carbocycles. The lowest BCUT2D eigenvalue weighted by molar-refractivity contribution is -0.358. The van der Waals surface area contributed by atoms with Gasteiger partial charge >= 0.3 is 0 Å². The fraction of sp³-hybridized carbons (Fsp3) is 0.818. The van der Waals surface area contributed by atoms with E-state index in [1.165, 1.54) is 16.8 Å². The minimum Gasteiger partial charge on any atom is -0.393 e. The number of hydrogen-bond donors (Lipinski definition) is 2. The summed E-state index contributed by atoms with van der Waals surface area (Å²) in [6.07, 6.45) is 9.25. The summed E-state index contributed by atoms with van der Waals surface area (Å²) in [4.78, 5) is 2.26. The molecule has 2 N–H and O–H groups in total. The summed E-state index contributed by atoms with van der Waals surface area (Å²) in [5.41, 5.74) is 3.31. The summed E-state index contributed by atoms with van der Waals surface area (Å²) >= 11 is 0. The number of fused-ring (bicyclic) bond motifs is 4. The van der Waals surface area contributed by atoms with Crippen molar-refractivity contribution in [1.82, 2.24) is 0 Å². The van der Waals surface area contributed by atoms with E-state index in [0.29, 0.717) is 43.3 Å². The number of aliphatic hydroxyl groups excluding tert-OH is 1. The van der Waals surface area contributed by atoms with Crippen molar-refractivity contribution in [3.05, 3.63) is 29.3 Å². The second kappa shape index (κ2) is 8.21. The van der Waals surface area contributed by atoms with Crippen LogP contribution >= 0.6 is 0 Å². The maximum Gasteiger partial charge on any atom is 0.171 e.